The van der Waals surface area contributed by atoms with Crippen molar-refractivity contribution in [3.05, 3.63) is 59.7 Å². The summed E-state index contributed by atoms with van der Waals surface area (Å²) in [5.41, 5.74) is 1.51. The molecule has 0 bridgehead atoms. The number of ketones is 1. The second-order valence-corrected chi connectivity index (χ2v) is 5.64. The third-order valence-electron chi connectivity index (χ3n) is 3.71. The van der Waals surface area contributed by atoms with E-state index in [0.29, 0.717) is 11.5 Å². The molecule has 0 N–H and O–H groups in total. The van der Waals surface area contributed by atoms with Crippen molar-refractivity contribution in [2.45, 2.75) is 20.0 Å². The molecule has 2 aromatic heterocycles. The average Bonchev–Trinajstić information content (AvgIpc) is 3.22. The van der Waals surface area contributed by atoms with Crippen LogP contribution in [-0.4, -0.2) is 26.5 Å². The molecule has 0 spiro atoms. The van der Waals surface area contributed by atoms with E-state index in [-0.39, 0.29) is 17.4 Å². The van der Waals surface area contributed by atoms with Crippen molar-refractivity contribution in [3.8, 4) is 11.5 Å². The number of aryl methyl sites for hydroxylation is 1. The maximum absolute atomic E-state index is 12.3. The predicted molar refractivity (Wildman–Crippen MR) is 89.0 cm³/mol. The zero-order valence-corrected chi connectivity index (χ0v) is 14.1. The number of carbonyl (C=O) groups is 2. The molecule has 0 radical (unpaired) electrons. The molecule has 0 aliphatic rings. The van der Waals surface area contributed by atoms with Crippen LogP contribution in [0.4, 0.5) is 0 Å². The molecule has 0 saturated heterocycles. The SMILES string of the molecule is CC(=O)c1cc(C(=O)O[C@H](C)c2nnc(-c3ccccc3)o2)n(C)c1. The van der Waals surface area contributed by atoms with Crippen LogP contribution < -0.4 is 0 Å². The molecule has 0 fully saturated rings. The number of aromatic nitrogens is 3. The van der Waals surface area contributed by atoms with Crippen molar-refractivity contribution in [3.63, 3.8) is 0 Å². The first-order chi connectivity index (χ1) is 12.0. The lowest BCUT2D eigenvalue weighted by Gasteiger charge is -2.09. The fourth-order valence-electron chi connectivity index (χ4n) is 2.33. The predicted octanol–water partition coefficient (Wildman–Crippen LogP) is 3.20. The Kier molecular flexibility index (Phi) is 4.47. The molecule has 0 unspecified atom stereocenters. The lowest BCUT2D eigenvalue weighted by atomic mass is 10.2. The molecule has 7 nitrogen and oxygen atoms in total. The highest BCUT2D eigenvalue weighted by Gasteiger charge is 2.22. The number of nitrogens with zero attached hydrogens (tertiary/aromatic N) is 3. The van der Waals surface area contributed by atoms with Gasteiger partial charge in [-0.25, -0.2) is 4.79 Å². The van der Waals surface area contributed by atoms with Gasteiger partial charge in [0.2, 0.25) is 5.89 Å². The summed E-state index contributed by atoms with van der Waals surface area (Å²) in [6, 6.07) is 10.8. The highest BCUT2D eigenvalue weighted by molar-refractivity contribution is 5.97. The minimum Gasteiger partial charge on any atom is -0.448 e. The van der Waals surface area contributed by atoms with Crippen molar-refractivity contribution >= 4 is 11.8 Å². The van der Waals surface area contributed by atoms with Crippen molar-refractivity contribution in [2.24, 2.45) is 7.05 Å². The number of carbonyl (C=O) groups excluding carboxylic acids is 2. The summed E-state index contributed by atoms with van der Waals surface area (Å²) < 4.78 is 12.5. The number of benzene rings is 1. The lowest BCUT2D eigenvalue weighted by molar-refractivity contribution is 0.0269. The monoisotopic (exact) mass is 339 g/mol. The number of Topliss-reactive ketones (excluding diaryl/α,β-unsaturated/α-hetero) is 1. The summed E-state index contributed by atoms with van der Waals surface area (Å²) in [5, 5.41) is 7.91. The minimum absolute atomic E-state index is 0.118. The maximum atomic E-state index is 12.3. The largest absolute Gasteiger partial charge is 0.448 e. The van der Waals surface area contributed by atoms with Crippen LogP contribution in [0.2, 0.25) is 0 Å². The fraction of sp³-hybridized carbons (Fsp3) is 0.222. The number of hydrogen-bond donors (Lipinski definition) is 0. The van der Waals surface area contributed by atoms with Gasteiger partial charge in [0.05, 0.1) is 0 Å². The van der Waals surface area contributed by atoms with Crippen molar-refractivity contribution < 1.29 is 18.7 Å². The molecule has 0 amide bonds. The number of ether oxygens (including phenoxy) is 1. The van der Waals surface area contributed by atoms with Gasteiger partial charge in [-0.05, 0) is 32.0 Å². The Hall–Kier alpha value is -3.22. The summed E-state index contributed by atoms with van der Waals surface area (Å²) in [4.78, 5) is 23.7. The van der Waals surface area contributed by atoms with Crippen LogP contribution in [0.15, 0.2) is 47.0 Å². The molecule has 7 heteroatoms. The van der Waals surface area contributed by atoms with Crippen LogP contribution in [0.3, 0.4) is 0 Å². The van der Waals surface area contributed by atoms with Gasteiger partial charge in [0.25, 0.3) is 5.89 Å². The molecule has 128 valence electrons. The van der Waals surface area contributed by atoms with Gasteiger partial charge in [-0.2, -0.15) is 0 Å². The van der Waals surface area contributed by atoms with Crippen LogP contribution >= 0.6 is 0 Å². The third-order valence-corrected chi connectivity index (χ3v) is 3.71. The van der Waals surface area contributed by atoms with E-state index in [1.807, 2.05) is 30.3 Å². The molecule has 25 heavy (non-hydrogen) atoms. The lowest BCUT2D eigenvalue weighted by Crippen LogP contribution is -2.12. The minimum atomic E-state index is -0.715. The molecule has 1 aromatic carbocycles. The van der Waals surface area contributed by atoms with E-state index in [1.165, 1.54) is 13.0 Å². The van der Waals surface area contributed by atoms with E-state index in [2.05, 4.69) is 10.2 Å². The Morgan fingerprint density at radius 3 is 2.56 bits per heavy atom. The Morgan fingerprint density at radius 1 is 1.20 bits per heavy atom. The van der Waals surface area contributed by atoms with Gasteiger partial charge in [-0.15, -0.1) is 10.2 Å². The van der Waals surface area contributed by atoms with Gasteiger partial charge >= 0.3 is 5.97 Å². The van der Waals surface area contributed by atoms with Gasteiger partial charge in [-0.3, -0.25) is 4.79 Å². The van der Waals surface area contributed by atoms with Crippen molar-refractivity contribution in [2.75, 3.05) is 0 Å². The number of rotatable bonds is 5. The highest BCUT2D eigenvalue weighted by Crippen LogP contribution is 2.23. The Labute approximate surface area is 144 Å². The molecule has 3 aromatic rings. The molecule has 0 saturated carbocycles. The second kappa shape index (κ2) is 6.72. The zero-order chi connectivity index (χ0) is 18.0. The first-order valence-corrected chi connectivity index (χ1v) is 7.73. The van der Waals surface area contributed by atoms with Crippen LogP contribution in [0.5, 0.6) is 0 Å². The van der Waals surface area contributed by atoms with Crippen molar-refractivity contribution in [1.29, 1.82) is 0 Å². The summed E-state index contributed by atoms with van der Waals surface area (Å²) in [6.45, 7) is 3.09. The van der Waals surface area contributed by atoms with Gasteiger partial charge in [0.1, 0.15) is 5.69 Å². The average molecular weight is 339 g/mol. The quantitative estimate of drug-likeness (QED) is 0.524. The van der Waals surface area contributed by atoms with Gasteiger partial charge < -0.3 is 13.7 Å². The first-order valence-electron chi connectivity index (χ1n) is 7.73. The summed E-state index contributed by atoms with van der Waals surface area (Å²) in [7, 11) is 1.67. The third kappa shape index (κ3) is 3.50. The standard InChI is InChI=1S/C18H17N3O4/c1-11(22)14-9-15(21(3)10-14)18(23)24-12(2)16-19-20-17(25-16)13-7-5-4-6-8-13/h4-10,12H,1-3H3/t12-/m1/s1. The molecule has 2 heterocycles. The Balaban J connectivity index is 1.74. The molecular formula is C18H17N3O4. The van der Waals surface area contributed by atoms with Crippen LogP contribution in [0.1, 0.15) is 46.7 Å². The topological polar surface area (TPSA) is 87.2 Å². The number of esters is 1. The van der Waals surface area contributed by atoms with Crippen LogP contribution in [0.25, 0.3) is 11.5 Å². The van der Waals surface area contributed by atoms with E-state index in [0.717, 1.165) is 5.56 Å². The summed E-state index contributed by atoms with van der Waals surface area (Å²) >= 11 is 0. The normalized spacial score (nSPS) is 12.0. The Morgan fingerprint density at radius 2 is 1.92 bits per heavy atom. The van der Waals surface area contributed by atoms with Crippen LogP contribution in [-0.2, 0) is 11.8 Å². The van der Waals surface area contributed by atoms with E-state index in [1.54, 1.807) is 24.7 Å². The van der Waals surface area contributed by atoms with E-state index >= 15 is 0 Å². The van der Waals surface area contributed by atoms with Gasteiger partial charge in [0.15, 0.2) is 11.9 Å². The smallest absolute Gasteiger partial charge is 0.355 e. The first kappa shape index (κ1) is 16.6. The van der Waals surface area contributed by atoms with E-state index in [4.69, 9.17) is 9.15 Å². The summed E-state index contributed by atoms with van der Waals surface area (Å²) in [6.07, 6.45) is 0.872. The van der Waals surface area contributed by atoms with Gasteiger partial charge in [0, 0.05) is 24.4 Å². The highest BCUT2D eigenvalue weighted by atomic mass is 16.6. The zero-order valence-electron chi connectivity index (χ0n) is 14.1. The molecule has 0 aliphatic carbocycles. The van der Waals surface area contributed by atoms with E-state index in [9.17, 15) is 9.59 Å². The molecular weight excluding hydrogens is 322 g/mol. The Bertz CT molecular complexity index is 912. The van der Waals surface area contributed by atoms with E-state index < -0.39 is 12.1 Å². The molecule has 1 atom stereocenters. The van der Waals surface area contributed by atoms with Gasteiger partial charge in [-0.1, -0.05) is 18.2 Å². The maximum Gasteiger partial charge on any atom is 0.355 e. The summed E-state index contributed by atoms with van der Waals surface area (Å²) in [5.74, 6) is -0.126. The second-order valence-electron chi connectivity index (χ2n) is 5.64. The number of hydrogen-bond acceptors (Lipinski definition) is 6. The molecule has 3 rings (SSSR count). The molecule has 0 aliphatic heterocycles. The fourth-order valence-corrected chi connectivity index (χ4v) is 2.33. The van der Waals surface area contributed by atoms with Crippen molar-refractivity contribution in [1.82, 2.24) is 14.8 Å². The van der Waals surface area contributed by atoms with Crippen LogP contribution in [0, 0.1) is 0 Å².